The van der Waals surface area contributed by atoms with Gasteiger partial charge in [-0.25, -0.2) is 0 Å². The molecule has 0 bridgehead atoms. The summed E-state index contributed by atoms with van der Waals surface area (Å²) in [4.78, 5) is 0. The van der Waals surface area contributed by atoms with Crippen LogP contribution in [0.5, 0.6) is 11.5 Å². The summed E-state index contributed by atoms with van der Waals surface area (Å²) < 4.78 is 5.21. The fourth-order valence-corrected chi connectivity index (χ4v) is 1.91. The van der Waals surface area contributed by atoms with Gasteiger partial charge in [0, 0.05) is 6.04 Å². The molecule has 0 heterocycles. The van der Waals surface area contributed by atoms with Crippen LogP contribution in [0, 0.1) is 5.92 Å². The van der Waals surface area contributed by atoms with Crippen LogP contribution in [0.25, 0.3) is 0 Å². The number of phenolic OH excluding ortho intramolecular Hbond substituents is 1. The fraction of sp³-hybridized carbons (Fsp3) is 0.500. The van der Waals surface area contributed by atoms with E-state index >= 15 is 0 Å². The highest BCUT2D eigenvalue weighted by Gasteiger charge is 2.27. The first-order chi connectivity index (χ1) is 7.22. The molecule has 3 nitrogen and oxygen atoms in total. The normalized spacial score (nSPS) is 17.5. The lowest BCUT2D eigenvalue weighted by Crippen LogP contribution is -2.12. The van der Waals surface area contributed by atoms with E-state index in [2.05, 4.69) is 0 Å². The van der Waals surface area contributed by atoms with Crippen molar-refractivity contribution in [1.82, 2.24) is 0 Å². The van der Waals surface area contributed by atoms with E-state index in [0.29, 0.717) is 5.75 Å². The Kier molecular flexibility index (Phi) is 2.82. The van der Waals surface area contributed by atoms with Crippen molar-refractivity contribution < 1.29 is 9.84 Å². The minimum atomic E-state index is -0.117. The van der Waals surface area contributed by atoms with Gasteiger partial charge < -0.3 is 15.6 Å². The summed E-state index contributed by atoms with van der Waals surface area (Å²) in [6, 6.07) is 5.14. The van der Waals surface area contributed by atoms with Crippen LogP contribution < -0.4 is 10.5 Å². The smallest absolute Gasteiger partial charge is 0.127 e. The zero-order valence-electron chi connectivity index (χ0n) is 8.94. The Morgan fingerprint density at radius 3 is 2.87 bits per heavy atom. The second-order valence-electron chi connectivity index (χ2n) is 4.18. The molecule has 15 heavy (non-hydrogen) atoms. The molecule has 0 unspecified atom stereocenters. The lowest BCUT2D eigenvalue weighted by atomic mass is 10.00. The number of aromatic hydroxyl groups is 1. The summed E-state index contributed by atoms with van der Waals surface area (Å²) in [6.45, 7) is 0. The van der Waals surface area contributed by atoms with E-state index in [4.69, 9.17) is 10.5 Å². The van der Waals surface area contributed by atoms with Gasteiger partial charge in [-0.3, -0.25) is 0 Å². The second-order valence-corrected chi connectivity index (χ2v) is 4.18. The van der Waals surface area contributed by atoms with Crippen molar-refractivity contribution in [3.05, 3.63) is 23.8 Å². The predicted octanol–water partition coefficient (Wildman–Crippen LogP) is 2.20. The van der Waals surface area contributed by atoms with E-state index in [-0.39, 0.29) is 11.8 Å². The molecule has 0 aromatic heterocycles. The van der Waals surface area contributed by atoms with Crippen LogP contribution in [0.2, 0.25) is 0 Å². The molecular formula is C12H17NO2. The lowest BCUT2D eigenvalue weighted by molar-refractivity contribution is 0.389. The Bertz CT molecular complexity index is 347. The molecule has 1 aliphatic rings. The van der Waals surface area contributed by atoms with E-state index in [1.807, 2.05) is 6.07 Å². The number of hydrogen-bond donors (Lipinski definition) is 2. The van der Waals surface area contributed by atoms with Crippen LogP contribution in [-0.2, 0) is 0 Å². The summed E-state index contributed by atoms with van der Waals surface area (Å²) in [5.74, 6) is 1.66. The summed E-state index contributed by atoms with van der Waals surface area (Å²) in [7, 11) is 1.60. The van der Waals surface area contributed by atoms with Gasteiger partial charge in [0.05, 0.1) is 12.7 Å². The summed E-state index contributed by atoms with van der Waals surface area (Å²) >= 11 is 0. The van der Waals surface area contributed by atoms with Gasteiger partial charge in [0.1, 0.15) is 11.5 Å². The van der Waals surface area contributed by atoms with Crippen molar-refractivity contribution in [2.75, 3.05) is 7.11 Å². The first-order valence-electron chi connectivity index (χ1n) is 5.33. The van der Waals surface area contributed by atoms with Crippen molar-refractivity contribution >= 4 is 0 Å². The second kappa shape index (κ2) is 4.11. The molecule has 2 rings (SSSR count). The van der Waals surface area contributed by atoms with Crippen LogP contribution in [0.4, 0.5) is 0 Å². The number of hydrogen-bond acceptors (Lipinski definition) is 3. The molecule has 1 aliphatic carbocycles. The highest BCUT2D eigenvalue weighted by atomic mass is 16.5. The van der Waals surface area contributed by atoms with E-state index < -0.39 is 0 Å². The Hall–Kier alpha value is -1.22. The molecule has 1 fully saturated rings. The molecule has 0 spiro atoms. The maximum atomic E-state index is 9.77. The van der Waals surface area contributed by atoms with Crippen LogP contribution in [0.3, 0.4) is 0 Å². The quantitative estimate of drug-likeness (QED) is 0.795. The predicted molar refractivity (Wildman–Crippen MR) is 58.9 cm³/mol. The van der Waals surface area contributed by atoms with E-state index in [9.17, 15) is 5.11 Å². The number of ether oxygens (including phenoxy) is 1. The summed E-state index contributed by atoms with van der Waals surface area (Å²) in [6.07, 6.45) is 3.47. The van der Waals surface area contributed by atoms with Crippen LogP contribution in [-0.4, -0.2) is 12.2 Å². The van der Waals surface area contributed by atoms with Gasteiger partial charge in [-0.15, -0.1) is 0 Å². The summed E-state index contributed by atoms with van der Waals surface area (Å²) in [5.41, 5.74) is 6.82. The maximum absolute atomic E-state index is 9.77. The van der Waals surface area contributed by atoms with Crippen molar-refractivity contribution in [3.8, 4) is 11.5 Å². The Morgan fingerprint density at radius 2 is 2.27 bits per heavy atom. The zero-order chi connectivity index (χ0) is 10.8. The SMILES string of the molecule is COc1cccc(O)c1[C@@H](N)CC1CC1. The third kappa shape index (κ3) is 2.23. The number of methoxy groups -OCH3 is 1. The first-order valence-corrected chi connectivity index (χ1v) is 5.33. The maximum Gasteiger partial charge on any atom is 0.127 e. The average molecular weight is 207 g/mol. The molecular weight excluding hydrogens is 190 g/mol. The van der Waals surface area contributed by atoms with Crippen molar-refractivity contribution in [3.63, 3.8) is 0 Å². The van der Waals surface area contributed by atoms with E-state index in [0.717, 1.165) is 17.9 Å². The standard InChI is InChI=1S/C12H17NO2/c1-15-11-4-2-3-10(14)12(11)9(13)7-8-5-6-8/h2-4,8-9,14H,5-7,13H2,1H3/t9-/m0/s1. The molecule has 3 heteroatoms. The average Bonchev–Trinajstić information content (AvgIpc) is 3.00. The molecule has 0 radical (unpaired) electrons. The molecule has 3 N–H and O–H groups in total. The highest BCUT2D eigenvalue weighted by molar-refractivity contribution is 5.46. The Morgan fingerprint density at radius 1 is 1.53 bits per heavy atom. The van der Waals surface area contributed by atoms with E-state index in [1.165, 1.54) is 12.8 Å². The third-order valence-electron chi connectivity index (χ3n) is 2.92. The fourth-order valence-electron chi connectivity index (χ4n) is 1.91. The Balaban J connectivity index is 2.22. The van der Waals surface area contributed by atoms with Gasteiger partial charge in [-0.1, -0.05) is 18.9 Å². The van der Waals surface area contributed by atoms with Gasteiger partial charge in [0.25, 0.3) is 0 Å². The first kappa shape index (κ1) is 10.3. The number of nitrogens with two attached hydrogens (primary N) is 1. The molecule has 0 aliphatic heterocycles. The van der Waals surface area contributed by atoms with Crippen molar-refractivity contribution in [2.24, 2.45) is 11.7 Å². The van der Waals surface area contributed by atoms with Gasteiger partial charge in [0.2, 0.25) is 0 Å². The van der Waals surface area contributed by atoms with Crippen LogP contribution >= 0.6 is 0 Å². The van der Waals surface area contributed by atoms with Crippen LogP contribution in [0.1, 0.15) is 30.9 Å². The van der Waals surface area contributed by atoms with Gasteiger partial charge in [0.15, 0.2) is 0 Å². The third-order valence-corrected chi connectivity index (χ3v) is 2.92. The van der Waals surface area contributed by atoms with Crippen LogP contribution in [0.15, 0.2) is 18.2 Å². The zero-order valence-corrected chi connectivity index (χ0v) is 8.94. The minimum absolute atomic E-state index is 0.117. The minimum Gasteiger partial charge on any atom is -0.507 e. The lowest BCUT2D eigenvalue weighted by Gasteiger charge is -2.16. The van der Waals surface area contributed by atoms with Crippen molar-refractivity contribution in [1.29, 1.82) is 0 Å². The van der Waals surface area contributed by atoms with Crippen molar-refractivity contribution in [2.45, 2.75) is 25.3 Å². The largest absolute Gasteiger partial charge is 0.507 e. The number of rotatable bonds is 4. The number of phenols is 1. The number of benzene rings is 1. The van der Waals surface area contributed by atoms with Gasteiger partial charge in [-0.2, -0.15) is 0 Å². The Labute approximate surface area is 89.9 Å². The highest BCUT2D eigenvalue weighted by Crippen LogP contribution is 2.41. The molecule has 1 aromatic carbocycles. The molecule has 0 saturated heterocycles. The van der Waals surface area contributed by atoms with Gasteiger partial charge in [-0.05, 0) is 24.5 Å². The summed E-state index contributed by atoms with van der Waals surface area (Å²) in [5, 5.41) is 9.77. The molecule has 1 atom stereocenters. The van der Waals surface area contributed by atoms with E-state index in [1.54, 1.807) is 19.2 Å². The molecule has 1 aromatic rings. The van der Waals surface area contributed by atoms with Gasteiger partial charge >= 0.3 is 0 Å². The molecule has 1 saturated carbocycles. The topological polar surface area (TPSA) is 55.5 Å². The monoisotopic (exact) mass is 207 g/mol. The molecule has 82 valence electrons. The molecule has 0 amide bonds.